The summed E-state index contributed by atoms with van der Waals surface area (Å²) >= 11 is 0. The van der Waals surface area contributed by atoms with Crippen molar-refractivity contribution in [2.45, 2.75) is 58.2 Å². The van der Waals surface area contributed by atoms with Crippen molar-refractivity contribution in [1.29, 1.82) is 0 Å². The zero-order valence-electron chi connectivity index (χ0n) is 11.4. The normalized spacial score (nSPS) is 20.4. The number of rotatable bonds is 3. The third-order valence-electron chi connectivity index (χ3n) is 3.87. The van der Waals surface area contributed by atoms with E-state index in [9.17, 15) is 0 Å². The molecule has 1 unspecified atom stereocenters. The minimum absolute atomic E-state index is 0.126. The Hall–Kier alpha value is -0.800. The van der Waals surface area contributed by atoms with Gasteiger partial charge >= 0.3 is 0 Å². The molecule has 0 amide bonds. The van der Waals surface area contributed by atoms with Crippen molar-refractivity contribution in [3.63, 3.8) is 0 Å². The van der Waals surface area contributed by atoms with E-state index >= 15 is 0 Å². The lowest BCUT2D eigenvalue weighted by Crippen LogP contribution is -2.31. The van der Waals surface area contributed by atoms with Crippen LogP contribution < -0.4 is 5.73 Å². The van der Waals surface area contributed by atoms with Gasteiger partial charge in [-0.2, -0.15) is 0 Å². The molecule has 1 aliphatic rings. The molecule has 96 valence electrons. The molecule has 1 heterocycles. The first-order chi connectivity index (χ1) is 7.94. The highest BCUT2D eigenvalue weighted by atomic mass is 16.5. The smallest absolute Gasteiger partial charge is 0.0800 e. The highest BCUT2D eigenvalue weighted by molar-refractivity contribution is 5.32. The molecule has 1 aromatic heterocycles. The predicted octanol–water partition coefficient (Wildman–Crippen LogP) is 2.56. The van der Waals surface area contributed by atoms with Gasteiger partial charge in [-0.15, -0.1) is 0 Å². The minimum atomic E-state index is -0.126. The Morgan fingerprint density at radius 1 is 1.53 bits per heavy atom. The van der Waals surface area contributed by atoms with Crippen molar-refractivity contribution in [3.05, 3.63) is 23.0 Å². The SMILES string of the molecule is COC(C)(C)Cn1c(C)cc2c1CCCC2N. The summed E-state index contributed by atoms with van der Waals surface area (Å²) in [4.78, 5) is 0. The molecule has 0 aromatic carbocycles. The van der Waals surface area contributed by atoms with E-state index in [4.69, 9.17) is 10.5 Å². The van der Waals surface area contributed by atoms with E-state index in [1.54, 1.807) is 7.11 Å². The quantitative estimate of drug-likeness (QED) is 0.876. The van der Waals surface area contributed by atoms with Crippen molar-refractivity contribution in [2.24, 2.45) is 5.73 Å². The number of methoxy groups -OCH3 is 1. The zero-order chi connectivity index (χ0) is 12.6. The molecule has 0 saturated carbocycles. The first kappa shape index (κ1) is 12.7. The van der Waals surface area contributed by atoms with Gasteiger partial charge in [0.15, 0.2) is 0 Å². The second kappa shape index (κ2) is 4.46. The average Bonchev–Trinajstić information content (AvgIpc) is 2.58. The molecular weight excluding hydrogens is 212 g/mol. The summed E-state index contributed by atoms with van der Waals surface area (Å²) in [6.07, 6.45) is 3.46. The summed E-state index contributed by atoms with van der Waals surface area (Å²) in [6.45, 7) is 7.32. The van der Waals surface area contributed by atoms with Gasteiger partial charge in [0.05, 0.1) is 12.1 Å². The molecule has 2 N–H and O–H groups in total. The fraction of sp³-hybridized carbons (Fsp3) is 0.714. The van der Waals surface area contributed by atoms with Crippen LogP contribution in [0.15, 0.2) is 6.07 Å². The number of hydrogen-bond acceptors (Lipinski definition) is 2. The van der Waals surface area contributed by atoms with Gasteiger partial charge in [0.25, 0.3) is 0 Å². The van der Waals surface area contributed by atoms with Crippen molar-refractivity contribution in [3.8, 4) is 0 Å². The Balaban J connectivity index is 2.35. The number of fused-ring (bicyclic) bond motifs is 1. The van der Waals surface area contributed by atoms with E-state index in [-0.39, 0.29) is 11.6 Å². The van der Waals surface area contributed by atoms with Crippen molar-refractivity contribution < 1.29 is 4.74 Å². The molecule has 0 radical (unpaired) electrons. The topological polar surface area (TPSA) is 40.2 Å². The van der Waals surface area contributed by atoms with Gasteiger partial charge < -0.3 is 15.0 Å². The van der Waals surface area contributed by atoms with Crippen LogP contribution in [0.2, 0.25) is 0 Å². The summed E-state index contributed by atoms with van der Waals surface area (Å²) in [5.41, 5.74) is 10.1. The highest BCUT2D eigenvalue weighted by Crippen LogP contribution is 2.31. The summed E-state index contributed by atoms with van der Waals surface area (Å²) < 4.78 is 7.92. The van der Waals surface area contributed by atoms with Gasteiger partial charge in [-0.3, -0.25) is 0 Å². The lowest BCUT2D eigenvalue weighted by molar-refractivity contribution is 0.00715. The Morgan fingerprint density at radius 2 is 2.24 bits per heavy atom. The van der Waals surface area contributed by atoms with Gasteiger partial charge in [0, 0.05) is 24.5 Å². The molecular formula is C14H24N2O. The number of nitrogens with two attached hydrogens (primary N) is 1. The molecule has 0 spiro atoms. The second-order valence-corrected chi connectivity index (χ2v) is 5.74. The van der Waals surface area contributed by atoms with Crippen LogP contribution in [0.5, 0.6) is 0 Å². The third-order valence-corrected chi connectivity index (χ3v) is 3.87. The molecule has 0 bridgehead atoms. The zero-order valence-corrected chi connectivity index (χ0v) is 11.4. The Bertz CT molecular complexity index is 407. The molecule has 2 rings (SSSR count). The summed E-state index contributed by atoms with van der Waals surface area (Å²) in [5.74, 6) is 0. The van der Waals surface area contributed by atoms with Crippen LogP contribution in [0.4, 0.5) is 0 Å². The van der Waals surface area contributed by atoms with E-state index in [2.05, 4.69) is 31.4 Å². The van der Waals surface area contributed by atoms with Gasteiger partial charge in [0.1, 0.15) is 0 Å². The number of ether oxygens (including phenoxy) is 1. The maximum atomic E-state index is 6.18. The standard InChI is InChI=1S/C14H24N2O/c1-10-8-11-12(15)6-5-7-13(11)16(10)9-14(2,3)17-4/h8,12H,5-7,9,15H2,1-4H3. The summed E-state index contributed by atoms with van der Waals surface area (Å²) in [6, 6.07) is 2.48. The molecule has 1 aliphatic carbocycles. The van der Waals surface area contributed by atoms with Crippen molar-refractivity contribution >= 4 is 0 Å². The van der Waals surface area contributed by atoms with Crippen LogP contribution in [0.25, 0.3) is 0 Å². The Labute approximate surface area is 104 Å². The average molecular weight is 236 g/mol. The monoisotopic (exact) mass is 236 g/mol. The first-order valence-electron chi connectivity index (χ1n) is 6.44. The minimum Gasteiger partial charge on any atom is -0.377 e. The van der Waals surface area contributed by atoms with Crippen LogP contribution in [-0.4, -0.2) is 17.3 Å². The summed E-state index contributed by atoms with van der Waals surface area (Å²) in [5, 5.41) is 0. The third kappa shape index (κ3) is 2.40. The van der Waals surface area contributed by atoms with Crippen molar-refractivity contribution in [2.75, 3.05) is 7.11 Å². The maximum absolute atomic E-state index is 6.18. The number of aryl methyl sites for hydroxylation is 1. The largest absolute Gasteiger partial charge is 0.377 e. The molecule has 0 saturated heterocycles. The molecule has 1 aromatic rings. The van der Waals surface area contributed by atoms with Gasteiger partial charge in [-0.1, -0.05) is 0 Å². The van der Waals surface area contributed by atoms with Gasteiger partial charge in [-0.05, 0) is 51.7 Å². The number of nitrogens with zero attached hydrogens (tertiary/aromatic N) is 1. The van der Waals surface area contributed by atoms with Crippen molar-refractivity contribution in [1.82, 2.24) is 4.57 Å². The molecule has 0 fully saturated rings. The van der Waals surface area contributed by atoms with Gasteiger partial charge in [0.2, 0.25) is 0 Å². The Morgan fingerprint density at radius 3 is 2.88 bits per heavy atom. The number of aromatic nitrogens is 1. The summed E-state index contributed by atoms with van der Waals surface area (Å²) in [7, 11) is 1.77. The number of hydrogen-bond donors (Lipinski definition) is 1. The van der Waals surface area contributed by atoms with E-state index in [1.807, 2.05) is 0 Å². The lowest BCUT2D eigenvalue weighted by atomic mass is 9.93. The van der Waals surface area contributed by atoms with E-state index in [0.717, 1.165) is 19.4 Å². The molecule has 3 heteroatoms. The Kier molecular flexibility index (Phi) is 3.32. The van der Waals surface area contributed by atoms with Crippen LogP contribution in [0, 0.1) is 6.92 Å². The highest BCUT2D eigenvalue weighted by Gasteiger charge is 2.25. The molecule has 3 nitrogen and oxygen atoms in total. The first-order valence-corrected chi connectivity index (χ1v) is 6.44. The predicted molar refractivity (Wildman–Crippen MR) is 70.1 cm³/mol. The molecule has 1 atom stereocenters. The fourth-order valence-electron chi connectivity index (χ4n) is 2.67. The molecule has 17 heavy (non-hydrogen) atoms. The lowest BCUT2D eigenvalue weighted by Gasteiger charge is -2.28. The van der Waals surface area contributed by atoms with E-state index in [0.29, 0.717) is 0 Å². The second-order valence-electron chi connectivity index (χ2n) is 5.74. The van der Waals surface area contributed by atoms with Crippen LogP contribution >= 0.6 is 0 Å². The van der Waals surface area contributed by atoms with E-state index < -0.39 is 0 Å². The van der Waals surface area contributed by atoms with Crippen LogP contribution in [0.3, 0.4) is 0 Å². The van der Waals surface area contributed by atoms with Crippen LogP contribution in [-0.2, 0) is 17.7 Å². The van der Waals surface area contributed by atoms with E-state index in [1.165, 1.54) is 23.4 Å². The van der Waals surface area contributed by atoms with Crippen LogP contribution in [0.1, 0.15) is 49.7 Å². The maximum Gasteiger partial charge on any atom is 0.0800 e. The fourth-order valence-corrected chi connectivity index (χ4v) is 2.67. The van der Waals surface area contributed by atoms with Gasteiger partial charge in [-0.25, -0.2) is 0 Å². The molecule has 0 aliphatic heterocycles.